The van der Waals surface area contributed by atoms with Crippen molar-refractivity contribution >= 4 is 17.0 Å². The molecule has 2 aromatic rings. The second-order valence-corrected chi connectivity index (χ2v) is 4.78. The summed E-state index contributed by atoms with van der Waals surface area (Å²) in [6.45, 7) is 2.50. The number of hydrogen-bond donors (Lipinski definition) is 0. The minimum atomic E-state index is -0.430. The van der Waals surface area contributed by atoms with Gasteiger partial charge in [0.1, 0.15) is 0 Å². The van der Waals surface area contributed by atoms with Gasteiger partial charge in [-0.15, -0.1) is 0 Å². The van der Waals surface area contributed by atoms with Crippen molar-refractivity contribution in [2.24, 2.45) is 0 Å². The van der Waals surface area contributed by atoms with E-state index in [9.17, 15) is 4.79 Å². The van der Waals surface area contributed by atoms with Crippen LogP contribution in [0.1, 0.15) is 24.1 Å². The maximum absolute atomic E-state index is 11.7. The van der Waals surface area contributed by atoms with Crippen LogP contribution in [0.3, 0.4) is 0 Å². The highest BCUT2D eigenvalue weighted by molar-refractivity contribution is 6.62. The number of carbonyl (C=O) groups is 1. The molecule has 0 bridgehead atoms. The lowest BCUT2D eigenvalue weighted by molar-refractivity contribution is 0.199. The number of amides is 1. The lowest BCUT2D eigenvalue weighted by atomic mass is 10.1. The van der Waals surface area contributed by atoms with Gasteiger partial charge in [-0.1, -0.05) is 60.7 Å². The third kappa shape index (κ3) is 3.58. The first-order chi connectivity index (χ1) is 9.18. The molecule has 98 valence electrons. The largest absolute Gasteiger partial charge is 0.318 e. The van der Waals surface area contributed by atoms with E-state index in [0.29, 0.717) is 6.54 Å². The Kier molecular flexibility index (Phi) is 4.58. The summed E-state index contributed by atoms with van der Waals surface area (Å²) in [5, 5.41) is -0.430. The van der Waals surface area contributed by atoms with Crippen molar-refractivity contribution < 1.29 is 4.79 Å². The molecular weight excluding hydrogens is 258 g/mol. The summed E-state index contributed by atoms with van der Waals surface area (Å²) < 4.78 is 0. The normalized spacial score (nSPS) is 11.9. The Balaban J connectivity index is 2.19. The average Bonchev–Trinajstić information content (AvgIpc) is 2.46. The zero-order valence-corrected chi connectivity index (χ0v) is 11.5. The predicted octanol–water partition coefficient (Wildman–Crippen LogP) is 4.61. The van der Waals surface area contributed by atoms with Crippen LogP contribution in [0, 0.1) is 0 Å². The van der Waals surface area contributed by atoms with Gasteiger partial charge in [-0.05, 0) is 29.7 Å². The fourth-order valence-corrected chi connectivity index (χ4v) is 2.25. The number of halogens is 1. The molecule has 0 spiro atoms. The first-order valence-electron chi connectivity index (χ1n) is 6.23. The Labute approximate surface area is 118 Å². The third-order valence-electron chi connectivity index (χ3n) is 3.17. The smallest absolute Gasteiger partial charge is 0.317 e. The Morgan fingerprint density at radius 1 is 1.05 bits per heavy atom. The summed E-state index contributed by atoms with van der Waals surface area (Å²) in [6, 6.07) is 19.7. The maximum atomic E-state index is 11.7. The van der Waals surface area contributed by atoms with Crippen molar-refractivity contribution in [1.29, 1.82) is 0 Å². The molecule has 2 nitrogen and oxygen atoms in total. The minimum absolute atomic E-state index is 0.0496. The van der Waals surface area contributed by atoms with E-state index in [2.05, 4.69) is 0 Å². The lowest BCUT2D eigenvalue weighted by Crippen LogP contribution is -2.28. The highest BCUT2D eigenvalue weighted by Gasteiger charge is 2.19. The van der Waals surface area contributed by atoms with Gasteiger partial charge in [0.25, 0.3) is 0 Å². The molecule has 0 saturated heterocycles. The average molecular weight is 274 g/mol. The van der Waals surface area contributed by atoms with Gasteiger partial charge in [0.15, 0.2) is 0 Å². The quantitative estimate of drug-likeness (QED) is 0.588. The van der Waals surface area contributed by atoms with E-state index < -0.39 is 5.37 Å². The topological polar surface area (TPSA) is 20.3 Å². The van der Waals surface area contributed by atoms with Crippen LogP contribution >= 0.6 is 11.6 Å². The Morgan fingerprint density at radius 3 is 2.11 bits per heavy atom. The van der Waals surface area contributed by atoms with E-state index in [-0.39, 0.29) is 6.04 Å². The molecule has 2 aromatic carbocycles. The number of carbonyl (C=O) groups excluding carboxylic acids is 1. The standard InChI is InChI=1S/C16H16ClNO/c1-13(15-10-6-3-7-11-15)18(16(17)19)12-14-8-4-2-5-9-14/h2-11,13H,12H2,1H3/t13-/m0/s1. The minimum Gasteiger partial charge on any atom is -0.318 e. The van der Waals surface area contributed by atoms with Gasteiger partial charge in [-0.2, -0.15) is 0 Å². The first kappa shape index (κ1) is 13.6. The van der Waals surface area contributed by atoms with Crippen molar-refractivity contribution in [2.45, 2.75) is 19.5 Å². The van der Waals surface area contributed by atoms with Crippen LogP contribution in [0.25, 0.3) is 0 Å². The molecular formula is C16H16ClNO. The molecule has 0 fully saturated rings. The Hall–Kier alpha value is -1.80. The Morgan fingerprint density at radius 2 is 1.58 bits per heavy atom. The summed E-state index contributed by atoms with van der Waals surface area (Å²) in [5.74, 6) is 0. The second-order valence-electron chi connectivity index (χ2n) is 4.45. The molecule has 0 heterocycles. The summed E-state index contributed by atoms with van der Waals surface area (Å²) >= 11 is 5.73. The van der Waals surface area contributed by atoms with Gasteiger partial charge in [-0.3, -0.25) is 4.79 Å². The molecule has 2 rings (SSSR count). The zero-order chi connectivity index (χ0) is 13.7. The van der Waals surface area contributed by atoms with Crippen molar-refractivity contribution in [3.05, 3.63) is 71.8 Å². The monoisotopic (exact) mass is 273 g/mol. The van der Waals surface area contributed by atoms with Crippen molar-refractivity contribution in [2.75, 3.05) is 0 Å². The van der Waals surface area contributed by atoms with E-state index in [1.807, 2.05) is 67.6 Å². The third-order valence-corrected chi connectivity index (χ3v) is 3.39. The van der Waals surface area contributed by atoms with Gasteiger partial charge in [0.05, 0.1) is 6.04 Å². The summed E-state index contributed by atoms with van der Waals surface area (Å²) in [4.78, 5) is 13.3. The van der Waals surface area contributed by atoms with E-state index >= 15 is 0 Å². The fraction of sp³-hybridized carbons (Fsp3) is 0.188. The van der Waals surface area contributed by atoms with E-state index in [1.54, 1.807) is 4.90 Å². The fourth-order valence-electron chi connectivity index (χ4n) is 2.04. The number of hydrogen-bond acceptors (Lipinski definition) is 1. The highest BCUT2D eigenvalue weighted by atomic mass is 35.5. The molecule has 0 saturated carbocycles. The van der Waals surface area contributed by atoms with Crippen LogP contribution in [-0.2, 0) is 6.54 Å². The summed E-state index contributed by atoms with van der Waals surface area (Å²) in [5.41, 5.74) is 2.15. The van der Waals surface area contributed by atoms with Crippen molar-refractivity contribution in [1.82, 2.24) is 4.90 Å². The second kappa shape index (κ2) is 6.39. The van der Waals surface area contributed by atoms with Crippen LogP contribution < -0.4 is 0 Å². The maximum Gasteiger partial charge on any atom is 0.317 e. The molecule has 0 aliphatic carbocycles. The van der Waals surface area contributed by atoms with Crippen LogP contribution in [0.4, 0.5) is 4.79 Å². The molecule has 3 heteroatoms. The van der Waals surface area contributed by atoms with Crippen LogP contribution in [0.5, 0.6) is 0 Å². The van der Waals surface area contributed by atoms with Gasteiger partial charge < -0.3 is 4.90 Å². The summed E-state index contributed by atoms with van der Waals surface area (Å²) in [7, 11) is 0. The molecule has 0 aliphatic rings. The number of benzene rings is 2. The molecule has 19 heavy (non-hydrogen) atoms. The molecule has 0 aromatic heterocycles. The Bertz CT molecular complexity index is 527. The van der Waals surface area contributed by atoms with Crippen LogP contribution in [0.15, 0.2) is 60.7 Å². The molecule has 0 N–H and O–H groups in total. The molecule has 0 radical (unpaired) electrons. The van der Waals surface area contributed by atoms with E-state index in [1.165, 1.54) is 0 Å². The van der Waals surface area contributed by atoms with E-state index in [4.69, 9.17) is 11.6 Å². The molecule has 1 atom stereocenters. The van der Waals surface area contributed by atoms with Crippen molar-refractivity contribution in [3.63, 3.8) is 0 Å². The molecule has 0 aliphatic heterocycles. The van der Waals surface area contributed by atoms with Crippen LogP contribution in [0.2, 0.25) is 0 Å². The van der Waals surface area contributed by atoms with Crippen LogP contribution in [-0.4, -0.2) is 10.3 Å². The predicted molar refractivity (Wildman–Crippen MR) is 78.1 cm³/mol. The number of nitrogens with zero attached hydrogens (tertiary/aromatic N) is 1. The van der Waals surface area contributed by atoms with Crippen molar-refractivity contribution in [3.8, 4) is 0 Å². The molecule has 0 unspecified atom stereocenters. The van der Waals surface area contributed by atoms with Gasteiger partial charge in [0.2, 0.25) is 0 Å². The first-order valence-corrected chi connectivity index (χ1v) is 6.61. The van der Waals surface area contributed by atoms with Gasteiger partial charge in [0, 0.05) is 6.54 Å². The van der Waals surface area contributed by atoms with Gasteiger partial charge in [-0.25, -0.2) is 0 Å². The molecule has 1 amide bonds. The van der Waals surface area contributed by atoms with E-state index in [0.717, 1.165) is 11.1 Å². The zero-order valence-electron chi connectivity index (χ0n) is 10.8. The highest BCUT2D eigenvalue weighted by Crippen LogP contribution is 2.23. The SMILES string of the molecule is C[C@@H](c1ccccc1)N(Cc1ccccc1)C(=O)Cl. The summed E-state index contributed by atoms with van der Waals surface area (Å²) in [6.07, 6.45) is 0. The number of rotatable bonds is 4. The van der Waals surface area contributed by atoms with Gasteiger partial charge >= 0.3 is 5.37 Å². The lowest BCUT2D eigenvalue weighted by Gasteiger charge is -2.27.